The zero-order valence-corrected chi connectivity index (χ0v) is 11.2. The number of ether oxygens (including phenoxy) is 2. The van der Waals surface area contributed by atoms with Gasteiger partial charge in [-0.2, -0.15) is 0 Å². The zero-order chi connectivity index (χ0) is 12.4. The highest BCUT2D eigenvalue weighted by Gasteiger charge is 2.33. The van der Waals surface area contributed by atoms with E-state index in [0.29, 0.717) is 15.2 Å². The summed E-state index contributed by atoms with van der Waals surface area (Å²) in [5.74, 6) is -0.451. The van der Waals surface area contributed by atoms with Crippen LogP contribution in [-0.2, 0) is 14.3 Å². The Kier molecular flexibility index (Phi) is 3.71. The van der Waals surface area contributed by atoms with Gasteiger partial charge < -0.3 is 14.8 Å². The minimum absolute atomic E-state index is 0.333. The number of methoxy groups -OCH3 is 1. The maximum atomic E-state index is 11.3. The molecule has 1 heterocycles. The molecular formula is C11H9BrClNO3. The Labute approximate surface area is 112 Å². The van der Waals surface area contributed by atoms with Crippen molar-refractivity contribution in [3.8, 4) is 0 Å². The van der Waals surface area contributed by atoms with Crippen molar-refractivity contribution in [1.29, 1.82) is 0 Å². The summed E-state index contributed by atoms with van der Waals surface area (Å²) < 4.78 is 10.3. The summed E-state index contributed by atoms with van der Waals surface area (Å²) in [6.07, 6.45) is -0.715. The van der Waals surface area contributed by atoms with Crippen molar-refractivity contribution >= 4 is 39.2 Å². The highest BCUT2D eigenvalue weighted by molar-refractivity contribution is 9.12. The molecule has 1 N–H and O–H groups in total. The first kappa shape index (κ1) is 12.4. The molecule has 90 valence electrons. The van der Waals surface area contributed by atoms with Gasteiger partial charge in [-0.3, -0.25) is 0 Å². The summed E-state index contributed by atoms with van der Waals surface area (Å²) in [4.78, 5) is 11.3. The first-order valence-electron chi connectivity index (χ1n) is 4.78. The molecule has 1 aliphatic heterocycles. The molecule has 17 heavy (non-hydrogen) atoms. The van der Waals surface area contributed by atoms with Crippen molar-refractivity contribution in [2.75, 3.05) is 12.4 Å². The fourth-order valence-electron chi connectivity index (χ4n) is 1.39. The van der Waals surface area contributed by atoms with E-state index < -0.39 is 12.3 Å². The first-order valence-corrected chi connectivity index (χ1v) is 5.95. The molecule has 0 spiro atoms. The maximum Gasteiger partial charge on any atom is 0.349 e. The smallest absolute Gasteiger partial charge is 0.349 e. The third-order valence-corrected chi connectivity index (χ3v) is 3.21. The molecule has 0 aliphatic carbocycles. The number of nitrogens with one attached hydrogen (secondary N) is 1. The van der Waals surface area contributed by atoms with Crippen LogP contribution in [-0.4, -0.2) is 19.4 Å². The fraction of sp³-hybridized carbons (Fsp3) is 0.182. The monoisotopic (exact) mass is 317 g/mol. The van der Waals surface area contributed by atoms with Gasteiger partial charge >= 0.3 is 5.97 Å². The predicted molar refractivity (Wildman–Crippen MR) is 67.9 cm³/mol. The Morgan fingerprint density at radius 1 is 1.41 bits per heavy atom. The third-order valence-electron chi connectivity index (χ3n) is 2.20. The van der Waals surface area contributed by atoms with Gasteiger partial charge in [0, 0.05) is 17.8 Å². The van der Waals surface area contributed by atoms with E-state index in [-0.39, 0.29) is 0 Å². The van der Waals surface area contributed by atoms with Crippen LogP contribution in [0.1, 0.15) is 0 Å². The number of carbonyl (C=O) groups excluding carboxylic acids is 1. The van der Waals surface area contributed by atoms with E-state index in [2.05, 4.69) is 21.2 Å². The lowest BCUT2D eigenvalue weighted by Crippen LogP contribution is -2.18. The fourth-order valence-corrected chi connectivity index (χ4v) is 1.90. The topological polar surface area (TPSA) is 47.6 Å². The molecule has 6 heteroatoms. The molecule has 1 atom stereocenters. The van der Waals surface area contributed by atoms with E-state index in [1.54, 1.807) is 24.3 Å². The van der Waals surface area contributed by atoms with E-state index in [1.165, 1.54) is 7.11 Å². The second-order valence-electron chi connectivity index (χ2n) is 3.33. The second-order valence-corrected chi connectivity index (χ2v) is 4.56. The Balaban J connectivity index is 2.22. The van der Waals surface area contributed by atoms with Gasteiger partial charge in [-0.05, 0) is 40.2 Å². The average Bonchev–Trinajstić information content (AvgIpc) is 2.59. The summed E-state index contributed by atoms with van der Waals surface area (Å²) >= 11 is 8.94. The molecule has 0 saturated carbocycles. The van der Waals surface area contributed by atoms with E-state index >= 15 is 0 Å². The molecule has 1 aliphatic rings. The number of anilines is 1. The van der Waals surface area contributed by atoms with Crippen LogP contribution < -0.4 is 5.32 Å². The van der Waals surface area contributed by atoms with Crippen LogP contribution in [0.2, 0.25) is 5.02 Å². The van der Waals surface area contributed by atoms with E-state index in [4.69, 9.17) is 21.1 Å². The SMILES string of the molecule is CO[C@H]1OC(=O)C(Br)=C1Nc1ccc(Cl)cc1. The van der Waals surface area contributed by atoms with Crippen LogP contribution in [0.5, 0.6) is 0 Å². The summed E-state index contributed by atoms with van der Waals surface area (Å²) in [5, 5.41) is 3.70. The predicted octanol–water partition coefficient (Wildman–Crippen LogP) is 2.89. The van der Waals surface area contributed by atoms with E-state index in [9.17, 15) is 4.79 Å². The van der Waals surface area contributed by atoms with Gasteiger partial charge in [0.15, 0.2) is 0 Å². The molecule has 0 fully saturated rings. The Morgan fingerprint density at radius 2 is 2.06 bits per heavy atom. The normalized spacial score (nSPS) is 19.5. The average molecular weight is 319 g/mol. The summed E-state index contributed by atoms with van der Waals surface area (Å²) in [7, 11) is 1.47. The molecule has 1 aromatic carbocycles. The van der Waals surface area contributed by atoms with Crippen LogP contribution in [0.4, 0.5) is 5.69 Å². The van der Waals surface area contributed by atoms with Crippen LogP contribution in [0.15, 0.2) is 34.4 Å². The van der Waals surface area contributed by atoms with Gasteiger partial charge in [-0.1, -0.05) is 11.6 Å². The van der Waals surface area contributed by atoms with Crippen LogP contribution >= 0.6 is 27.5 Å². The van der Waals surface area contributed by atoms with Gasteiger partial charge in [0.2, 0.25) is 6.29 Å². The lowest BCUT2D eigenvalue weighted by molar-refractivity contribution is -0.155. The van der Waals surface area contributed by atoms with Crippen molar-refractivity contribution in [1.82, 2.24) is 0 Å². The van der Waals surface area contributed by atoms with Gasteiger partial charge in [-0.15, -0.1) is 0 Å². The third kappa shape index (κ3) is 2.62. The minimum atomic E-state index is -0.715. The molecule has 0 amide bonds. The number of hydrogen-bond donors (Lipinski definition) is 1. The van der Waals surface area contributed by atoms with Gasteiger partial charge in [0.1, 0.15) is 10.2 Å². The van der Waals surface area contributed by atoms with Crippen molar-refractivity contribution in [3.63, 3.8) is 0 Å². The molecule has 0 aromatic heterocycles. The second kappa shape index (κ2) is 5.08. The number of rotatable bonds is 3. The first-order chi connectivity index (χ1) is 8.11. The lowest BCUT2D eigenvalue weighted by atomic mass is 10.3. The van der Waals surface area contributed by atoms with Crippen molar-refractivity contribution < 1.29 is 14.3 Å². The van der Waals surface area contributed by atoms with Crippen LogP contribution in [0.3, 0.4) is 0 Å². The van der Waals surface area contributed by atoms with Gasteiger partial charge in [0.25, 0.3) is 0 Å². The number of benzene rings is 1. The summed E-state index contributed by atoms with van der Waals surface area (Å²) in [6.45, 7) is 0. The molecule has 0 bridgehead atoms. The number of carbonyl (C=O) groups is 1. The Hall–Kier alpha value is -1.04. The molecule has 1 aromatic rings. The zero-order valence-electron chi connectivity index (χ0n) is 8.87. The maximum absolute atomic E-state index is 11.3. The Bertz CT molecular complexity index is 472. The number of hydrogen-bond acceptors (Lipinski definition) is 4. The van der Waals surface area contributed by atoms with Crippen molar-refractivity contribution in [2.24, 2.45) is 0 Å². The molecule has 4 nitrogen and oxygen atoms in total. The van der Waals surface area contributed by atoms with E-state index in [0.717, 1.165) is 5.69 Å². The standard InChI is InChI=1S/C11H9BrClNO3/c1-16-11-9(8(12)10(15)17-11)14-7-4-2-6(13)3-5-7/h2-5,11,14H,1H3/t11-/m0/s1. The van der Waals surface area contributed by atoms with Crippen LogP contribution in [0.25, 0.3) is 0 Å². The van der Waals surface area contributed by atoms with E-state index in [1.807, 2.05) is 0 Å². The molecule has 0 saturated heterocycles. The lowest BCUT2D eigenvalue weighted by Gasteiger charge is -2.13. The van der Waals surface area contributed by atoms with Crippen molar-refractivity contribution in [2.45, 2.75) is 6.29 Å². The quantitative estimate of drug-likeness (QED) is 0.871. The summed E-state index contributed by atoms with van der Waals surface area (Å²) in [5.41, 5.74) is 1.33. The van der Waals surface area contributed by atoms with Crippen LogP contribution in [0, 0.1) is 0 Å². The number of halogens is 2. The molecule has 2 rings (SSSR count). The molecule has 0 unspecified atom stereocenters. The summed E-state index contributed by atoms with van der Waals surface area (Å²) in [6, 6.07) is 7.09. The van der Waals surface area contributed by atoms with Gasteiger partial charge in [0.05, 0.1) is 0 Å². The van der Waals surface area contributed by atoms with Crippen molar-refractivity contribution in [3.05, 3.63) is 39.5 Å². The highest BCUT2D eigenvalue weighted by Crippen LogP contribution is 2.29. The number of esters is 1. The highest BCUT2D eigenvalue weighted by atomic mass is 79.9. The largest absolute Gasteiger partial charge is 0.426 e. The minimum Gasteiger partial charge on any atom is -0.426 e. The Morgan fingerprint density at radius 3 is 2.65 bits per heavy atom. The number of cyclic esters (lactones) is 1. The molecular weight excluding hydrogens is 309 g/mol. The van der Waals surface area contributed by atoms with Gasteiger partial charge in [-0.25, -0.2) is 4.79 Å². The molecule has 0 radical (unpaired) electrons.